The van der Waals surface area contributed by atoms with E-state index >= 15 is 0 Å². The summed E-state index contributed by atoms with van der Waals surface area (Å²) in [4.78, 5) is 14.0. The predicted molar refractivity (Wildman–Crippen MR) is 63.9 cm³/mol. The number of nitrogens with two attached hydrogens (primary N) is 1. The first-order valence-electron chi connectivity index (χ1n) is 6.05. The van der Waals surface area contributed by atoms with E-state index in [1.54, 1.807) is 4.90 Å². The summed E-state index contributed by atoms with van der Waals surface area (Å²) in [6, 6.07) is -0.519. The van der Waals surface area contributed by atoms with Crippen LogP contribution >= 0.6 is 0 Å². The van der Waals surface area contributed by atoms with Crippen molar-refractivity contribution in [3.63, 3.8) is 0 Å². The van der Waals surface area contributed by atoms with Crippen LogP contribution in [-0.4, -0.2) is 41.1 Å². The van der Waals surface area contributed by atoms with Gasteiger partial charge in [-0.1, -0.05) is 20.8 Å². The Morgan fingerprint density at radius 3 is 2.62 bits per heavy atom. The minimum Gasteiger partial charge on any atom is -0.394 e. The molecule has 16 heavy (non-hydrogen) atoms. The standard InChI is InChI=1S/C12H24N2O2/c1-12(2,3)10(13)11(16)14-7-5-4-6-9(14)8-15/h9-10,15H,4-8,13H2,1-3H3/t9?,10-/m1/s1. The summed E-state index contributed by atoms with van der Waals surface area (Å²) in [5, 5.41) is 9.26. The molecule has 0 spiro atoms. The van der Waals surface area contributed by atoms with Gasteiger partial charge in [-0.25, -0.2) is 0 Å². The normalized spacial score (nSPS) is 24.3. The Morgan fingerprint density at radius 2 is 2.12 bits per heavy atom. The van der Waals surface area contributed by atoms with Gasteiger partial charge in [-0.15, -0.1) is 0 Å². The SMILES string of the molecule is CC(C)(C)[C@H](N)C(=O)N1CCCCC1CO. The molecule has 0 aromatic rings. The number of rotatable bonds is 2. The van der Waals surface area contributed by atoms with Crippen LogP contribution in [0.1, 0.15) is 40.0 Å². The van der Waals surface area contributed by atoms with Crippen LogP contribution in [0.3, 0.4) is 0 Å². The van der Waals surface area contributed by atoms with E-state index in [4.69, 9.17) is 5.73 Å². The van der Waals surface area contributed by atoms with Gasteiger partial charge in [0.15, 0.2) is 0 Å². The molecule has 3 N–H and O–H groups in total. The third-order valence-corrected chi connectivity index (χ3v) is 3.32. The summed E-state index contributed by atoms with van der Waals surface area (Å²) < 4.78 is 0. The van der Waals surface area contributed by atoms with Gasteiger partial charge in [0.25, 0.3) is 0 Å². The lowest BCUT2D eigenvalue weighted by atomic mass is 9.85. The molecular formula is C12H24N2O2. The molecule has 4 heteroatoms. The van der Waals surface area contributed by atoms with Gasteiger partial charge in [0.2, 0.25) is 5.91 Å². The summed E-state index contributed by atoms with van der Waals surface area (Å²) in [6.45, 7) is 6.67. The topological polar surface area (TPSA) is 66.6 Å². The largest absolute Gasteiger partial charge is 0.394 e. The molecule has 0 saturated carbocycles. The summed E-state index contributed by atoms with van der Waals surface area (Å²) in [5.41, 5.74) is 5.74. The molecule has 0 radical (unpaired) electrons. The number of likely N-dealkylation sites (tertiary alicyclic amines) is 1. The Hall–Kier alpha value is -0.610. The molecule has 1 heterocycles. The van der Waals surface area contributed by atoms with E-state index in [1.807, 2.05) is 20.8 Å². The van der Waals surface area contributed by atoms with Crippen molar-refractivity contribution in [1.29, 1.82) is 0 Å². The molecule has 94 valence electrons. The minimum absolute atomic E-state index is 0.0220. The van der Waals surface area contributed by atoms with E-state index in [0.717, 1.165) is 25.8 Å². The molecule has 1 aliphatic rings. The highest BCUT2D eigenvalue weighted by atomic mass is 16.3. The molecule has 4 nitrogen and oxygen atoms in total. The quantitative estimate of drug-likeness (QED) is 0.732. The Labute approximate surface area is 97.8 Å². The molecular weight excluding hydrogens is 204 g/mol. The molecule has 1 saturated heterocycles. The summed E-state index contributed by atoms with van der Waals surface area (Å²) in [6.07, 6.45) is 2.98. The first-order chi connectivity index (χ1) is 7.38. The molecule has 1 rings (SSSR count). The number of carbonyl (C=O) groups excluding carboxylic acids is 1. The monoisotopic (exact) mass is 228 g/mol. The van der Waals surface area contributed by atoms with E-state index in [1.165, 1.54) is 0 Å². The molecule has 1 amide bonds. The van der Waals surface area contributed by atoms with E-state index in [0.29, 0.717) is 0 Å². The Morgan fingerprint density at radius 1 is 1.50 bits per heavy atom. The molecule has 0 bridgehead atoms. The van der Waals surface area contributed by atoms with E-state index in [-0.39, 0.29) is 24.0 Å². The zero-order chi connectivity index (χ0) is 12.3. The van der Waals surface area contributed by atoms with Crippen LogP contribution < -0.4 is 5.73 Å². The van der Waals surface area contributed by atoms with Gasteiger partial charge in [-0.05, 0) is 24.7 Å². The van der Waals surface area contributed by atoms with Gasteiger partial charge in [-0.3, -0.25) is 4.79 Å². The van der Waals surface area contributed by atoms with Crippen LogP contribution in [0.25, 0.3) is 0 Å². The lowest BCUT2D eigenvalue weighted by Crippen LogP contribution is -2.55. The van der Waals surface area contributed by atoms with Crippen molar-refractivity contribution in [2.24, 2.45) is 11.1 Å². The van der Waals surface area contributed by atoms with Crippen LogP contribution in [0, 0.1) is 5.41 Å². The van der Waals surface area contributed by atoms with Crippen molar-refractivity contribution in [2.75, 3.05) is 13.2 Å². The third kappa shape index (κ3) is 2.95. The molecule has 0 aliphatic carbocycles. The zero-order valence-corrected chi connectivity index (χ0v) is 10.6. The van der Waals surface area contributed by atoms with Crippen molar-refractivity contribution < 1.29 is 9.90 Å². The highest BCUT2D eigenvalue weighted by Gasteiger charge is 2.34. The fourth-order valence-corrected chi connectivity index (χ4v) is 2.03. The second-order valence-electron chi connectivity index (χ2n) is 5.71. The molecule has 1 unspecified atom stereocenters. The van der Waals surface area contributed by atoms with Crippen molar-refractivity contribution >= 4 is 5.91 Å². The van der Waals surface area contributed by atoms with Crippen molar-refractivity contribution in [2.45, 2.75) is 52.1 Å². The second kappa shape index (κ2) is 5.15. The number of amides is 1. The van der Waals surface area contributed by atoms with Gasteiger partial charge in [0.1, 0.15) is 0 Å². The highest BCUT2D eigenvalue weighted by molar-refractivity contribution is 5.82. The molecule has 0 aromatic heterocycles. The smallest absolute Gasteiger partial charge is 0.240 e. The first kappa shape index (κ1) is 13.5. The number of piperidine rings is 1. The van der Waals surface area contributed by atoms with Crippen molar-refractivity contribution in [3.8, 4) is 0 Å². The van der Waals surface area contributed by atoms with Crippen LogP contribution in [0.5, 0.6) is 0 Å². The van der Waals surface area contributed by atoms with Crippen LogP contribution in [0.4, 0.5) is 0 Å². The van der Waals surface area contributed by atoms with Crippen molar-refractivity contribution in [3.05, 3.63) is 0 Å². The van der Waals surface area contributed by atoms with Gasteiger partial charge in [-0.2, -0.15) is 0 Å². The average molecular weight is 228 g/mol. The first-order valence-corrected chi connectivity index (χ1v) is 6.05. The minimum atomic E-state index is -0.486. The molecule has 2 atom stereocenters. The number of carbonyl (C=O) groups is 1. The Kier molecular flexibility index (Phi) is 4.33. The zero-order valence-electron chi connectivity index (χ0n) is 10.6. The number of aliphatic hydroxyl groups is 1. The summed E-state index contributed by atoms with van der Waals surface area (Å²) in [5.74, 6) is -0.0220. The maximum atomic E-state index is 12.2. The highest BCUT2D eigenvalue weighted by Crippen LogP contribution is 2.23. The number of hydrogen-bond donors (Lipinski definition) is 2. The van der Waals surface area contributed by atoms with Gasteiger partial charge < -0.3 is 15.7 Å². The molecule has 0 aromatic carbocycles. The van der Waals surface area contributed by atoms with Gasteiger partial charge in [0.05, 0.1) is 18.7 Å². The Balaban J connectivity index is 2.71. The van der Waals surface area contributed by atoms with Crippen LogP contribution in [-0.2, 0) is 4.79 Å². The third-order valence-electron chi connectivity index (χ3n) is 3.32. The van der Waals surface area contributed by atoms with Crippen molar-refractivity contribution in [1.82, 2.24) is 4.90 Å². The van der Waals surface area contributed by atoms with Crippen LogP contribution in [0.2, 0.25) is 0 Å². The summed E-state index contributed by atoms with van der Waals surface area (Å²) in [7, 11) is 0. The van der Waals surface area contributed by atoms with E-state index in [9.17, 15) is 9.90 Å². The number of aliphatic hydroxyl groups excluding tert-OH is 1. The summed E-state index contributed by atoms with van der Waals surface area (Å²) >= 11 is 0. The second-order valence-corrected chi connectivity index (χ2v) is 5.71. The number of nitrogens with zero attached hydrogens (tertiary/aromatic N) is 1. The average Bonchev–Trinajstić information content (AvgIpc) is 2.25. The maximum Gasteiger partial charge on any atom is 0.240 e. The van der Waals surface area contributed by atoms with Gasteiger partial charge in [0, 0.05) is 6.54 Å². The van der Waals surface area contributed by atoms with E-state index in [2.05, 4.69) is 0 Å². The lowest BCUT2D eigenvalue weighted by molar-refractivity contribution is -0.139. The number of hydrogen-bond acceptors (Lipinski definition) is 3. The molecule has 1 fully saturated rings. The lowest BCUT2D eigenvalue weighted by Gasteiger charge is -2.39. The maximum absolute atomic E-state index is 12.2. The fourth-order valence-electron chi connectivity index (χ4n) is 2.03. The Bertz CT molecular complexity index is 248. The predicted octanol–water partition coefficient (Wildman–Crippen LogP) is 0.733. The fraction of sp³-hybridized carbons (Fsp3) is 0.917. The van der Waals surface area contributed by atoms with Gasteiger partial charge >= 0.3 is 0 Å². The molecule has 1 aliphatic heterocycles. The van der Waals surface area contributed by atoms with Crippen LogP contribution in [0.15, 0.2) is 0 Å². The van der Waals surface area contributed by atoms with E-state index < -0.39 is 6.04 Å².